The summed E-state index contributed by atoms with van der Waals surface area (Å²) in [6, 6.07) is 29.5. The molecule has 0 N–H and O–H groups in total. The standard InChI is InChI=1S/C29H22N2O4/c1-20-26(28(32)31(30-20)24-10-6-3-7-11-24)18-25-16-17-27(35-25)22-12-14-23(15-13-22)29(33)34-19-21-8-4-2-5-9-21/h2-18H,19H2,1H3/b26-18-. The van der Waals surface area contributed by atoms with E-state index in [2.05, 4.69) is 5.10 Å². The molecule has 0 unspecified atom stereocenters. The number of carbonyl (C=O) groups excluding carboxylic acids is 2. The Kier molecular flexibility index (Phi) is 6.09. The van der Waals surface area contributed by atoms with Crippen molar-refractivity contribution in [2.45, 2.75) is 13.5 Å². The Balaban J connectivity index is 1.27. The van der Waals surface area contributed by atoms with Gasteiger partial charge in [-0.1, -0.05) is 60.7 Å². The van der Waals surface area contributed by atoms with Gasteiger partial charge in [-0.25, -0.2) is 4.79 Å². The molecule has 0 radical (unpaired) electrons. The van der Waals surface area contributed by atoms with Gasteiger partial charge >= 0.3 is 5.97 Å². The molecule has 35 heavy (non-hydrogen) atoms. The van der Waals surface area contributed by atoms with E-state index in [0.717, 1.165) is 11.1 Å². The quantitative estimate of drug-likeness (QED) is 0.256. The Morgan fingerprint density at radius 2 is 1.60 bits per heavy atom. The zero-order valence-electron chi connectivity index (χ0n) is 19.0. The van der Waals surface area contributed by atoms with Crippen molar-refractivity contribution < 1.29 is 18.7 Å². The number of hydrazone groups is 1. The molecule has 1 aliphatic heterocycles. The molecule has 4 aromatic rings. The monoisotopic (exact) mass is 462 g/mol. The molecule has 0 saturated carbocycles. The maximum Gasteiger partial charge on any atom is 0.338 e. The molecule has 0 spiro atoms. The van der Waals surface area contributed by atoms with Gasteiger partial charge < -0.3 is 9.15 Å². The Hall–Kier alpha value is -4.71. The van der Waals surface area contributed by atoms with E-state index < -0.39 is 0 Å². The van der Waals surface area contributed by atoms with Gasteiger partial charge in [0.1, 0.15) is 18.1 Å². The summed E-state index contributed by atoms with van der Waals surface area (Å²) in [7, 11) is 0. The number of amides is 1. The highest BCUT2D eigenvalue weighted by Crippen LogP contribution is 2.27. The molecule has 1 aromatic heterocycles. The third-order valence-corrected chi connectivity index (χ3v) is 5.59. The number of para-hydroxylation sites is 1. The number of esters is 1. The zero-order chi connectivity index (χ0) is 24.2. The number of nitrogens with zero attached hydrogens (tertiary/aromatic N) is 2. The van der Waals surface area contributed by atoms with Crippen LogP contribution >= 0.6 is 0 Å². The summed E-state index contributed by atoms with van der Waals surface area (Å²) in [4.78, 5) is 25.3. The van der Waals surface area contributed by atoms with Gasteiger partial charge in [0.2, 0.25) is 0 Å². The third kappa shape index (κ3) is 4.82. The van der Waals surface area contributed by atoms with E-state index in [4.69, 9.17) is 9.15 Å². The first kappa shape index (κ1) is 22.1. The lowest BCUT2D eigenvalue weighted by molar-refractivity contribution is -0.114. The van der Waals surface area contributed by atoms with Crippen LogP contribution in [0.3, 0.4) is 0 Å². The average molecular weight is 463 g/mol. The van der Waals surface area contributed by atoms with Crippen LogP contribution < -0.4 is 5.01 Å². The highest BCUT2D eigenvalue weighted by molar-refractivity contribution is 6.32. The lowest BCUT2D eigenvalue weighted by atomic mass is 10.1. The fourth-order valence-electron chi connectivity index (χ4n) is 3.73. The molecular formula is C29H22N2O4. The molecule has 1 amide bonds. The Morgan fingerprint density at radius 3 is 2.31 bits per heavy atom. The molecule has 0 saturated heterocycles. The fourth-order valence-corrected chi connectivity index (χ4v) is 3.73. The smallest absolute Gasteiger partial charge is 0.338 e. The summed E-state index contributed by atoms with van der Waals surface area (Å²) in [6.45, 7) is 2.02. The van der Waals surface area contributed by atoms with Crippen LogP contribution in [0.5, 0.6) is 0 Å². The first-order valence-electron chi connectivity index (χ1n) is 11.2. The van der Waals surface area contributed by atoms with Gasteiger partial charge in [-0.2, -0.15) is 10.1 Å². The Bertz CT molecular complexity index is 1420. The largest absolute Gasteiger partial charge is 0.457 e. The van der Waals surface area contributed by atoms with E-state index in [9.17, 15) is 9.59 Å². The summed E-state index contributed by atoms with van der Waals surface area (Å²) < 4.78 is 11.3. The van der Waals surface area contributed by atoms with Crippen molar-refractivity contribution in [2.24, 2.45) is 5.10 Å². The first-order chi connectivity index (χ1) is 17.1. The summed E-state index contributed by atoms with van der Waals surface area (Å²) in [6.07, 6.45) is 1.70. The number of anilines is 1. The minimum atomic E-state index is -0.386. The fraction of sp³-hybridized carbons (Fsp3) is 0.0690. The molecule has 5 rings (SSSR count). The van der Waals surface area contributed by atoms with Gasteiger partial charge in [0.05, 0.1) is 22.5 Å². The van der Waals surface area contributed by atoms with Gasteiger partial charge in [0.15, 0.2) is 0 Å². The van der Waals surface area contributed by atoms with Crippen molar-refractivity contribution >= 4 is 29.4 Å². The highest BCUT2D eigenvalue weighted by atomic mass is 16.5. The van der Waals surface area contributed by atoms with Crippen molar-refractivity contribution in [1.82, 2.24) is 0 Å². The first-order valence-corrected chi connectivity index (χ1v) is 11.2. The van der Waals surface area contributed by atoms with Gasteiger partial charge in [-0.05, 0) is 55.0 Å². The summed E-state index contributed by atoms with van der Waals surface area (Å²) in [5.74, 6) is 0.577. The molecule has 2 heterocycles. The average Bonchev–Trinajstić information content (AvgIpc) is 3.49. The molecule has 6 heteroatoms. The second-order valence-electron chi connectivity index (χ2n) is 8.04. The lowest BCUT2D eigenvalue weighted by Crippen LogP contribution is -2.21. The minimum absolute atomic E-state index is 0.204. The van der Waals surface area contributed by atoms with Crippen molar-refractivity contribution in [3.8, 4) is 11.3 Å². The van der Waals surface area contributed by atoms with Gasteiger partial charge in [0, 0.05) is 5.56 Å². The van der Waals surface area contributed by atoms with Crippen LogP contribution in [0, 0.1) is 0 Å². The van der Waals surface area contributed by atoms with Gasteiger partial charge in [0.25, 0.3) is 5.91 Å². The number of furan rings is 1. The van der Waals surface area contributed by atoms with Gasteiger partial charge in [-0.3, -0.25) is 4.79 Å². The van der Waals surface area contributed by atoms with E-state index >= 15 is 0 Å². The number of ether oxygens (including phenoxy) is 1. The lowest BCUT2D eigenvalue weighted by Gasteiger charge is -2.10. The normalized spacial score (nSPS) is 14.3. The number of hydrogen-bond acceptors (Lipinski definition) is 5. The molecule has 0 atom stereocenters. The number of rotatable bonds is 6. The highest BCUT2D eigenvalue weighted by Gasteiger charge is 2.28. The van der Waals surface area contributed by atoms with Crippen LogP contribution in [0.4, 0.5) is 5.69 Å². The minimum Gasteiger partial charge on any atom is -0.457 e. The molecule has 1 aliphatic rings. The third-order valence-electron chi connectivity index (χ3n) is 5.59. The molecule has 0 bridgehead atoms. The molecule has 0 fully saturated rings. The molecular weight excluding hydrogens is 440 g/mol. The SMILES string of the molecule is CC1=NN(c2ccccc2)C(=O)/C1=C\c1ccc(-c2ccc(C(=O)OCc3ccccc3)cc2)o1. The molecule has 3 aromatic carbocycles. The van der Waals surface area contributed by atoms with Crippen molar-refractivity contribution in [2.75, 3.05) is 5.01 Å². The maximum atomic E-state index is 12.9. The number of benzene rings is 3. The van der Waals surface area contributed by atoms with E-state index in [-0.39, 0.29) is 18.5 Å². The number of carbonyl (C=O) groups is 2. The van der Waals surface area contributed by atoms with E-state index in [1.807, 2.05) is 66.7 Å². The van der Waals surface area contributed by atoms with Crippen LogP contribution in [0.15, 0.2) is 112 Å². The van der Waals surface area contributed by atoms with Crippen molar-refractivity contribution in [3.05, 3.63) is 120 Å². The summed E-state index contributed by atoms with van der Waals surface area (Å²) in [5, 5.41) is 5.78. The van der Waals surface area contributed by atoms with E-state index in [0.29, 0.717) is 34.1 Å². The Labute approximate surface area is 202 Å². The zero-order valence-corrected chi connectivity index (χ0v) is 19.0. The Morgan fingerprint density at radius 1 is 0.914 bits per heavy atom. The predicted molar refractivity (Wildman–Crippen MR) is 135 cm³/mol. The molecule has 6 nitrogen and oxygen atoms in total. The topological polar surface area (TPSA) is 72.1 Å². The van der Waals surface area contributed by atoms with Crippen LogP contribution in [-0.2, 0) is 16.1 Å². The van der Waals surface area contributed by atoms with Crippen LogP contribution in [-0.4, -0.2) is 17.6 Å². The molecule has 0 aliphatic carbocycles. The number of hydrogen-bond donors (Lipinski definition) is 0. The molecule has 172 valence electrons. The summed E-state index contributed by atoms with van der Waals surface area (Å²) >= 11 is 0. The van der Waals surface area contributed by atoms with Crippen LogP contribution in [0.2, 0.25) is 0 Å². The van der Waals surface area contributed by atoms with E-state index in [1.54, 1.807) is 43.3 Å². The second-order valence-corrected chi connectivity index (χ2v) is 8.04. The maximum absolute atomic E-state index is 12.9. The second kappa shape index (κ2) is 9.65. The van der Waals surface area contributed by atoms with Gasteiger partial charge in [-0.15, -0.1) is 0 Å². The van der Waals surface area contributed by atoms with Crippen LogP contribution in [0.1, 0.15) is 28.6 Å². The van der Waals surface area contributed by atoms with Crippen LogP contribution in [0.25, 0.3) is 17.4 Å². The van der Waals surface area contributed by atoms with Crippen molar-refractivity contribution in [1.29, 1.82) is 0 Å². The van der Waals surface area contributed by atoms with E-state index in [1.165, 1.54) is 5.01 Å². The summed E-state index contributed by atoms with van der Waals surface area (Å²) in [5.41, 5.74) is 4.01. The van der Waals surface area contributed by atoms with Crippen molar-refractivity contribution in [3.63, 3.8) is 0 Å². The predicted octanol–water partition coefficient (Wildman–Crippen LogP) is 6.11.